The van der Waals surface area contributed by atoms with E-state index >= 15 is 0 Å². The molecule has 6 nitrogen and oxygen atoms in total. The van der Waals surface area contributed by atoms with Crippen molar-refractivity contribution in [2.75, 3.05) is 40.9 Å². The number of hydrogen-bond acceptors (Lipinski definition) is 6. The lowest BCUT2D eigenvalue weighted by Gasteiger charge is -2.31. The number of hydrogen-bond donors (Lipinski definition) is 0. The van der Waals surface area contributed by atoms with Crippen LogP contribution < -0.4 is 9.80 Å². The van der Waals surface area contributed by atoms with Crippen molar-refractivity contribution in [2.24, 2.45) is 0 Å². The number of sulfone groups is 1. The standard InChI is InChI=1S/C15H24N4O2S/c1-2-19(13-6-9-22(20,21)11-13)15-10-14(16-12-17-15)18-7-4-3-5-8-18/h10,12-13H,2-9,11H2,1H3. The van der Waals surface area contributed by atoms with Gasteiger partial charge in [-0.3, -0.25) is 0 Å². The maximum atomic E-state index is 11.7. The number of rotatable bonds is 4. The van der Waals surface area contributed by atoms with E-state index in [-0.39, 0.29) is 17.5 Å². The predicted octanol–water partition coefficient (Wildman–Crippen LogP) is 1.48. The summed E-state index contributed by atoms with van der Waals surface area (Å²) in [5, 5.41) is 0. The first-order chi connectivity index (χ1) is 10.6. The molecule has 2 saturated heterocycles. The molecule has 0 N–H and O–H groups in total. The maximum absolute atomic E-state index is 11.7. The van der Waals surface area contributed by atoms with Gasteiger partial charge in [-0.25, -0.2) is 18.4 Å². The second-order valence-electron chi connectivity index (χ2n) is 6.12. The van der Waals surface area contributed by atoms with E-state index in [0.717, 1.165) is 31.3 Å². The SMILES string of the molecule is CCN(c1cc(N2CCCCC2)ncn1)C1CCS(=O)(=O)C1. The molecule has 0 aliphatic carbocycles. The third-order valence-electron chi connectivity index (χ3n) is 4.60. The molecule has 2 fully saturated rings. The first kappa shape index (κ1) is 15.5. The molecule has 122 valence electrons. The summed E-state index contributed by atoms with van der Waals surface area (Å²) in [5.41, 5.74) is 0. The summed E-state index contributed by atoms with van der Waals surface area (Å²) >= 11 is 0. The largest absolute Gasteiger partial charge is 0.356 e. The summed E-state index contributed by atoms with van der Waals surface area (Å²) in [5.74, 6) is 2.34. The van der Waals surface area contributed by atoms with Gasteiger partial charge in [-0.05, 0) is 32.6 Å². The van der Waals surface area contributed by atoms with E-state index in [4.69, 9.17) is 0 Å². The van der Waals surface area contributed by atoms with E-state index in [0.29, 0.717) is 6.42 Å². The average Bonchev–Trinajstić information content (AvgIpc) is 2.89. The molecule has 0 saturated carbocycles. The predicted molar refractivity (Wildman–Crippen MR) is 88.2 cm³/mol. The summed E-state index contributed by atoms with van der Waals surface area (Å²) in [4.78, 5) is 13.2. The normalized spacial score (nSPS) is 24.4. The van der Waals surface area contributed by atoms with Gasteiger partial charge in [0.15, 0.2) is 9.84 Å². The van der Waals surface area contributed by atoms with Gasteiger partial charge in [0.05, 0.1) is 11.5 Å². The van der Waals surface area contributed by atoms with Crippen molar-refractivity contribution < 1.29 is 8.42 Å². The van der Waals surface area contributed by atoms with Crippen molar-refractivity contribution in [2.45, 2.75) is 38.6 Å². The highest BCUT2D eigenvalue weighted by Crippen LogP contribution is 2.25. The summed E-state index contributed by atoms with van der Waals surface area (Å²) in [6.45, 7) is 4.89. The smallest absolute Gasteiger partial charge is 0.152 e. The van der Waals surface area contributed by atoms with Crippen LogP contribution in [0.15, 0.2) is 12.4 Å². The van der Waals surface area contributed by atoms with E-state index in [1.807, 2.05) is 13.0 Å². The summed E-state index contributed by atoms with van der Waals surface area (Å²) in [6, 6.07) is 2.05. The molecular weight excluding hydrogens is 300 g/mol. The van der Waals surface area contributed by atoms with Crippen molar-refractivity contribution in [1.29, 1.82) is 0 Å². The molecule has 22 heavy (non-hydrogen) atoms. The van der Waals surface area contributed by atoms with Crippen LogP contribution in [0.2, 0.25) is 0 Å². The summed E-state index contributed by atoms with van der Waals surface area (Å²) < 4.78 is 23.5. The average molecular weight is 324 g/mol. The fraction of sp³-hybridized carbons (Fsp3) is 0.733. The van der Waals surface area contributed by atoms with E-state index in [9.17, 15) is 8.42 Å². The van der Waals surface area contributed by atoms with Crippen LogP contribution in [0.3, 0.4) is 0 Å². The number of piperidine rings is 1. The van der Waals surface area contributed by atoms with Gasteiger partial charge >= 0.3 is 0 Å². The Morgan fingerprint density at radius 2 is 2.05 bits per heavy atom. The molecule has 2 aliphatic heterocycles. The quantitative estimate of drug-likeness (QED) is 0.836. The van der Waals surface area contributed by atoms with Crippen LogP contribution in [-0.2, 0) is 9.84 Å². The first-order valence-electron chi connectivity index (χ1n) is 8.13. The molecule has 1 atom stereocenters. The van der Waals surface area contributed by atoms with Crippen LogP contribution in [0.5, 0.6) is 0 Å². The molecular formula is C15H24N4O2S. The topological polar surface area (TPSA) is 66.4 Å². The molecule has 1 aromatic heterocycles. The van der Waals surface area contributed by atoms with Crippen LogP contribution in [0.4, 0.5) is 11.6 Å². The molecule has 0 aromatic carbocycles. The van der Waals surface area contributed by atoms with Crippen LogP contribution in [0.1, 0.15) is 32.6 Å². The molecule has 0 bridgehead atoms. The monoisotopic (exact) mass is 324 g/mol. The van der Waals surface area contributed by atoms with Crippen LogP contribution in [-0.4, -0.2) is 55.6 Å². The zero-order valence-corrected chi connectivity index (χ0v) is 13.9. The maximum Gasteiger partial charge on any atom is 0.152 e. The highest BCUT2D eigenvalue weighted by molar-refractivity contribution is 7.91. The third-order valence-corrected chi connectivity index (χ3v) is 6.35. The molecule has 2 aliphatic rings. The van der Waals surface area contributed by atoms with Gasteiger partial charge in [-0.1, -0.05) is 0 Å². The molecule has 7 heteroatoms. The van der Waals surface area contributed by atoms with Crippen LogP contribution in [0.25, 0.3) is 0 Å². The zero-order chi connectivity index (χ0) is 15.6. The van der Waals surface area contributed by atoms with E-state index in [2.05, 4.69) is 19.8 Å². The van der Waals surface area contributed by atoms with Crippen LogP contribution in [0, 0.1) is 0 Å². The Bertz CT molecular complexity index is 614. The van der Waals surface area contributed by atoms with E-state index in [1.54, 1.807) is 6.33 Å². The van der Waals surface area contributed by atoms with Crippen molar-refractivity contribution >= 4 is 21.5 Å². The minimum absolute atomic E-state index is 0.0408. The first-order valence-corrected chi connectivity index (χ1v) is 9.95. The Labute approximate surface area is 132 Å². The van der Waals surface area contributed by atoms with Gasteiger partial charge < -0.3 is 9.80 Å². The number of aromatic nitrogens is 2. The summed E-state index contributed by atoms with van der Waals surface area (Å²) in [7, 11) is -2.88. The second-order valence-corrected chi connectivity index (χ2v) is 8.35. The molecule has 0 radical (unpaired) electrons. The highest BCUT2D eigenvalue weighted by Gasteiger charge is 2.32. The lowest BCUT2D eigenvalue weighted by atomic mass is 10.1. The molecule has 1 aromatic rings. The Hall–Kier alpha value is -1.37. The van der Waals surface area contributed by atoms with Gasteiger partial charge in [0.25, 0.3) is 0 Å². The second kappa shape index (κ2) is 6.40. The molecule has 0 spiro atoms. The fourth-order valence-corrected chi connectivity index (χ4v) is 5.15. The van der Waals surface area contributed by atoms with Gasteiger partial charge in [0.1, 0.15) is 18.0 Å². The van der Waals surface area contributed by atoms with Gasteiger partial charge in [0, 0.05) is 31.7 Å². The van der Waals surface area contributed by atoms with Gasteiger partial charge in [0.2, 0.25) is 0 Å². The molecule has 1 unspecified atom stereocenters. The van der Waals surface area contributed by atoms with Crippen molar-refractivity contribution in [3.8, 4) is 0 Å². The Morgan fingerprint density at radius 3 is 2.68 bits per heavy atom. The lowest BCUT2D eigenvalue weighted by molar-refractivity contribution is 0.572. The number of nitrogens with zero attached hydrogens (tertiary/aromatic N) is 4. The Morgan fingerprint density at radius 1 is 1.27 bits per heavy atom. The molecule has 3 rings (SSSR count). The Balaban J connectivity index is 1.80. The zero-order valence-electron chi connectivity index (χ0n) is 13.1. The minimum Gasteiger partial charge on any atom is -0.356 e. The molecule has 3 heterocycles. The van der Waals surface area contributed by atoms with Gasteiger partial charge in [-0.2, -0.15) is 0 Å². The minimum atomic E-state index is -2.88. The van der Waals surface area contributed by atoms with Gasteiger partial charge in [-0.15, -0.1) is 0 Å². The van der Waals surface area contributed by atoms with E-state index < -0.39 is 9.84 Å². The van der Waals surface area contributed by atoms with Crippen molar-refractivity contribution in [3.05, 3.63) is 12.4 Å². The summed E-state index contributed by atoms with van der Waals surface area (Å²) in [6.07, 6.45) is 6.00. The Kier molecular flexibility index (Phi) is 4.52. The number of anilines is 2. The fourth-order valence-electron chi connectivity index (χ4n) is 3.42. The van der Waals surface area contributed by atoms with Crippen molar-refractivity contribution in [3.63, 3.8) is 0 Å². The third kappa shape index (κ3) is 3.34. The molecule has 0 amide bonds. The highest BCUT2D eigenvalue weighted by atomic mass is 32.2. The van der Waals surface area contributed by atoms with Crippen molar-refractivity contribution in [1.82, 2.24) is 9.97 Å². The lowest BCUT2D eigenvalue weighted by Crippen LogP contribution is -2.37. The van der Waals surface area contributed by atoms with Crippen LogP contribution >= 0.6 is 0 Å². The van der Waals surface area contributed by atoms with E-state index in [1.165, 1.54) is 19.3 Å².